The molecular formula is C12H11F3N2O2S. The molecule has 8 heteroatoms. The highest BCUT2D eigenvalue weighted by Crippen LogP contribution is 2.22. The van der Waals surface area contributed by atoms with Crippen LogP contribution < -0.4 is 5.32 Å². The Morgan fingerprint density at radius 3 is 2.65 bits per heavy atom. The summed E-state index contributed by atoms with van der Waals surface area (Å²) in [5, 5.41) is 12.6. The van der Waals surface area contributed by atoms with Gasteiger partial charge in [0.15, 0.2) is 6.10 Å². The summed E-state index contributed by atoms with van der Waals surface area (Å²) < 4.78 is 38.1. The molecule has 2 N–H and O–H groups in total. The number of halogens is 3. The molecule has 1 atom stereocenters. The Hall–Kier alpha value is -1.80. The number of hydrogen-bond donors (Lipinski definition) is 2. The third-order valence-electron chi connectivity index (χ3n) is 2.57. The number of hydrogen-bond acceptors (Lipinski definition) is 3. The van der Waals surface area contributed by atoms with E-state index >= 15 is 0 Å². The van der Waals surface area contributed by atoms with E-state index in [2.05, 4.69) is 5.32 Å². The first-order valence-corrected chi connectivity index (χ1v) is 6.51. The molecule has 2 rings (SSSR count). The van der Waals surface area contributed by atoms with E-state index in [1.54, 1.807) is 40.5 Å². The molecule has 0 spiro atoms. The molecule has 20 heavy (non-hydrogen) atoms. The second-order valence-corrected chi connectivity index (χ2v) is 4.91. The summed E-state index contributed by atoms with van der Waals surface area (Å²) in [7, 11) is 0. The highest BCUT2D eigenvalue weighted by Gasteiger charge is 2.38. The molecule has 0 bridgehead atoms. The van der Waals surface area contributed by atoms with Crippen molar-refractivity contribution in [2.75, 3.05) is 6.54 Å². The number of aliphatic hydroxyl groups is 1. The first kappa shape index (κ1) is 14.6. The first-order valence-electron chi connectivity index (χ1n) is 5.63. The predicted molar refractivity (Wildman–Crippen MR) is 68.0 cm³/mol. The summed E-state index contributed by atoms with van der Waals surface area (Å²) in [5.41, 5.74) is 0.582. The number of carbonyl (C=O) groups excluding carboxylic acids is 1. The van der Waals surface area contributed by atoms with E-state index in [1.807, 2.05) is 0 Å². The average Bonchev–Trinajstić information content (AvgIpc) is 3.03. The lowest BCUT2D eigenvalue weighted by Crippen LogP contribution is -2.40. The normalized spacial score (nSPS) is 13.2. The maximum Gasteiger partial charge on any atom is 0.416 e. The van der Waals surface area contributed by atoms with Crippen molar-refractivity contribution in [2.24, 2.45) is 0 Å². The Labute approximate surface area is 116 Å². The Morgan fingerprint density at radius 2 is 2.05 bits per heavy atom. The number of nitrogens with zero attached hydrogens (tertiary/aromatic N) is 1. The van der Waals surface area contributed by atoms with Gasteiger partial charge in [-0.25, -0.2) is 0 Å². The van der Waals surface area contributed by atoms with Gasteiger partial charge < -0.3 is 15.0 Å². The zero-order chi connectivity index (χ0) is 14.8. The maximum absolute atomic E-state index is 12.1. The Bertz CT molecular complexity index is 578. The van der Waals surface area contributed by atoms with Crippen LogP contribution in [0.3, 0.4) is 0 Å². The molecule has 0 radical (unpaired) electrons. The van der Waals surface area contributed by atoms with Crippen molar-refractivity contribution in [1.29, 1.82) is 0 Å². The third kappa shape index (κ3) is 3.20. The van der Waals surface area contributed by atoms with E-state index in [9.17, 15) is 18.0 Å². The number of aromatic nitrogens is 1. The van der Waals surface area contributed by atoms with Gasteiger partial charge in [-0.15, -0.1) is 11.3 Å². The lowest BCUT2D eigenvalue weighted by Gasteiger charge is -2.15. The fourth-order valence-electron chi connectivity index (χ4n) is 1.56. The van der Waals surface area contributed by atoms with Gasteiger partial charge in [0.05, 0.1) is 12.2 Å². The summed E-state index contributed by atoms with van der Waals surface area (Å²) in [4.78, 5) is 12.1. The van der Waals surface area contributed by atoms with Crippen LogP contribution >= 0.6 is 11.3 Å². The van der Waals surface area contributed by atoms with Crippen LogP contribution in [0.1, 0.15) is 9.67 Å². The van der Waals surface area contributed by atoms with Gasteiger partial charge in [0.2, 0.25) is 0 Å². The Morgan fingerprint density at radius 1 is 1.40 bits per heavy atom. The molecule has 4 nitrogen and oxygen atoms in total. The molecular weight excluding hydrogens is 293 g/mol. The maximum atomic E-state index is 12.1. The molecule has 0 aliphatic rings. The topological polar surface area (TPSA) is 54.3 Å². The van der Waals surface area contributed by atoms with Crippen molar-refractivity contribution in [2.45, 2.75) is 12.3 Å². The minimum absolute atomic E-state index is 0.288. The summed E-state index contributed by atoms with van der Waals surface area (Å²) >= 11 is 1.12. The van der Waals surface area contributed by atoms with E-state index in [-0.39, 0.29) is 4.88 Å². The largest absolute Gasteiger partial charge is 0.416 e. The number of rotatable bonds is 4. The summed E-state index contributed by atoms with van der Waals surface area (Å²) in [6, 6.07) is 5.24. The number of carbonyl (C=O) groups is 1. The lowest BCUT2D eigenvalue weighted by atomic mass is 10.3. The number of nitrogens with one attached hydrogen (secondary N) is 1. The van der Waals surface area contributed by atoms with Gasteiger partial charge in [0.1, 0.15) is 4.88 Å². The molecule has 108 valence electrons. The van der Waals surface area contributed by atoms with Crippen LogP contribution in [0, 0.1) is 0 Å². The van der Waals surface area contributed by atoms with Crippen LogP contribution in [0.15, 0.2) is 36.0 Å². The Kier molecular flexibility index (Phi) is 4.15. The number of aliphatic hydroxyl groups excluding tert-OH is 1. The van der Waals surface area contributed by atoms with Crippen LogP contribution in [0.4, 0.5) is 13.2 Å². The zero-order valence-corrected chi connectivity index (χ0v) is 10.9. The molecule has 0 saturated heterocycles. The van der Waals surface area contributed by atoms with Crippen LogP contribution in [0.2, 0.25) is 0 Å². The van der Waals surface area contributed by atoms with Gasteiger partial charge in [0, 0.05) is 12.4 Å². The minimum Gasteiger partial charge on any atom is -0.382 e. The van der Waals surface area contributed by atoms with E-state index < -0.39 is 24.7 Å². The van der Waals surface area contributed by atoms with E-state index in [4.69, 9.17) is 5.11 Å². The molecule has 0 aliphatic carbocycles. The number of thiophene rings is 1. The van der Waals surface area contributed by atoms with Gasteiger partial charge in [0.25, 0.3) is 5.91 Å². The summed E-state index contributed by atoms with van der Waals surface area (Å²) in [6.45, 7) is -0.870. The number of alkyl halides is 3. The van der Waals surface area contributed by atoms with Gasteiger partial charge in [-0.2, -0.15) is 13.2 Å². The second kappa shape index (κ2) is 5.68. The van der Waals surface area contributed by atoms with Crippen molar-refractivity contribution in [3.8, 4) is 5.69 Å². The SMILES string of the molecule is O=C(NCC(O)C(F)(F)F)c1sccc1-n1cccc1. The highest BCUT2D eigenvalue weighted by molar-refractivity contribution is 7.12. The summed E-state index contributed by atoms with van der Waals surface area (Å²) in [6.07, 6.45) is -3.86. The van der Waals surface area contributed by atoms with Gasteiger partial charge in [-0.1, -0.05) is 0 Å². The van der Waals surface area contributed by atoms with Gasteiger partial charge in [-0.3, -0.25) is 4.79 Å². The van der Waals surface area contributed by atoms with Crippen LogP contribution in [0.5, 0.6) is 0 Å². The molecule has 2 heterocycles. The molecule has 0 saturated carbocycles. The van der Waals surface area contributed by atoms with E-state index in [1.165, 1.54) is 0 Å². The quantitative estimate of drug-likeness (QED) is 0.910. The van der Waals surface area contributed by atoms with E-state index in [0.29, 0.717) is 5.69 Å². The van der Waals surface area contributed by atoms with Crippen LogP contribution in [-0.4, -0.2) is 34.4 Å². The van der Waals surface area contributed by atoms with Crippen molar-refractivity contribution in [1.82, 2.24) is 9.88 Å². The van der Waals surface area contributed by atoms with Crippen LogP contribution in [-0.2, 0) is 0 Å². The van der Waals surface area contributed by atoms with Crippen molar-refractivity contribution in [3.63, 3.8) is 0 Å². The van der Waals surface area contributed by atoms with Crippen LogP contribution in [0.25, 0.3) is 5.69 Å². The fourth-order valence-corrected chi connectivity index (χ4v) is 2.36. The Balaban J connectivity index is 2.06. The van der Waals surface area contributed by atoms with Crippen molar-refractivity contribution < 1.29 is 23.1 Å². The predicted octanol–water partition coefficient (Wildman–Crippen LogP) is 2.19. The molecule has 2 aromatic rings. The number of amides is 1. The molecule has 1 amide bonds. The average molecular weight is 304 g/mol. The molecule has 1 unspecified atom stereocenters. The van der Waals surface area contributed by atoms with E-state index in [0.717, 1.165) is 11.3 Å². The van der Waals surface area contributed by atoms with Gasteiger partial charge in [-0.05, 0) is 23.6 Å². The monoisotopic (exact) mass is 304 g/mol. The molecule has 0 fully saturated rings. The highest BCUT2D eigenvalue weighted by atomic mass is 32.1. The lowest BCUT2D eigenvalue weighted by molar-refractivity contribution is -0.201. The zero-order valence-electron chi connectivity index (χ0n) is 10.1. The molecule has 2 aromatic heterocycles. The standard InChI is InChI=1S/C12H11F3N2O2S/c13-12(14,15)9(18)7-16-11(19)10-8(3-6-20-10)17-4-1-2-5-17/h1-6,9,18H,7H2,(H,16,19). The molecule has 0 aromatic carbocycles. The van der Waals surface area contributed by atoms with Gasteiger partial charge >= 0.3 is 6.18 Å². The minimum atomic E-state index is -4.74. The fraction of sp³-hybridized carbons (Fsp3) is 0.250. The smallest absolute Gasteiger partial charge is 0.382 e. The molecule has 0 aliphatic heterocycles. The first-order chi connectivity index (χ1) is 9.39. The third-order valence-corrected chi connectivity index (χ3v) is 3.47. The van der Waals surface area contributed by atoms with Crippen molar-refractivity contribution in [3.05, 3.63) is 40.8 Å². The van der Waals surface area contributed by atoms with Crippen molar-refractivity contribution >= 4 is 17.2 Å². The second-order valence-electron chi connectivity index (χ2n) is 3.99. The summed E-state index contributed by atoms with van der Waals surface area (Å²) in [5.74, 6) is -0.646.